The van der Waals surface area contributed by atoms with E-state index in [1.165, 1.54) is 19.3 Å². The SMILES string of the molecule is CCC(NC(=O)/C=C/c1ccc(OC)cc1OC)c1ccccc1OC(F)F. The Morgan fingerprint density at radius 3 is 2.50 bits per heavy atom. The highest BCUT2D eigenvalue weighted by Gasteiger charge is 2.18. The monoisotopic (exact) mass is 391 g/mol. The summed E-state index contributed by atoms with van der Waals surface area (Å²) in [6.45, 7) is -1.09. The summed E-state index contributed by atoms with van der Waals surface area (Å²) in [5.74, 6) is 0.883. The molecule has 150 valence electrons. The molecule has 1 amide bonds. The molecule has 0 radical (unpaired) electrons. The van der Waals surface area contributed by atoms with Crippen LogP contribution >= 0.6 is 0 Å². The number of para-hydroxylation sites is 1. The molecule has 0 fully saturated rings. The van der Waals surface area contributed by atoms with Crippen molar-refractivity contribution in [2.45, 2.75) is 26.0 Å². The Morgan fingerprint density at radius 1 is 1.11 bits per heavy atom. The third-order valence-corrected chi connectivity index (χ3v) is 4.09. The van der Waals surface area contributed by atoms with Crippen LogP contribution in [0, 0.1) is 0 Å². The molecular weight excluding hydrogens is 368 g/mol. The highest BCUT2D eigenvalue weighted by Crippen LogP contribution is 2.29. The Hall–Kier alpha value is -3.09. The first-order valence-corrected chi connectivity index (χ1v) is 8.72. The number of alkyl halides is 2. The van der Waals surface area contributed by atoms with Gasteiger partial charge in [-0.3, -0.25) is 4.79 Å². The molecule has 0 aliphatic heterocycles. The van der Waals surface area contributed by atoms with E-state index < -0.39 is 12.7 Å². The highest BCUT2D eigenvalue weighted by atomic mass is 19.3. The molecule has 2 aromatic rings. The second-order valence-corrected chi connectivity index (χ2v) is 5.83. The van der Waals surface area contributed by atoms with Crippen LogP contribution in [0.5, 0.6) is 17.2 Å². The van der Waals surface area contributed by atoms with Crippen LogP contribution in [-0.2, 0) is 4.79 Å². The van der Waals surface area contributed by atoms with Crippen molar-refractivity contribution in [1.82, 2.24) is 5.32 Å². The van der Waals surface area contributed by atoms with E-state index in [9.17, 15) is 13.6 Å². The second-order valence-electron chi connectivity index (χ2n) is 5.83. The Balaban J connectivity index is 2.14. The smallest absolute Gasteiger partial charge is 0.387 e. The number of benzene rings is 2. The minimum Gasteiger partial charge on any atom is -0.497 e. The normalized spacial score (nSPS) is 12.1. The summed E-state index contributed by atoms with van der Waals surface area (Å²) < 4.78 is 40.2. The lowest BCUT2D eigenvalue weighted by atomic mass is 10.0. The third kappa shape index (κ3) is 5.70. The molecular formula is C21H23F2NO4. The molecule has 0 aliphatic carbocycles. The van der Waals surface area contributed by atoms with Gasteiger partial charge in [-0.2, -0.15) is 8.78 Å². The van der Waals surface area contributed by atoms with Crippen molar-refractivity contribution in [2.24, 2.45) is 0 Å². The molecule has 0 aliphatic rings. The summed E-state index contributed by atoms with van der Waals surface area (Å²) in [6.07, 6.45) is 3.49. The van der Waals surface area contributed by atoms with Crippen molar-refractivity contribution < 1.29 is 27.8 Å². The lowest BCUT2D eigenvalue weighted by Crippen LogP contribution is -2.27. The van der Waals surface area contributed by atoms with Crippen LogP contribution in [-0.4, -0.2) is 26.7 Å². The van der Waals surface area contributed by atoms with Gasteiger partial charge in [0.2, 0.25) is 5.91 Å². The zero-order valence-corrected chi connectivity index (χ0v) is 15.9. The number of ether oxygens (including phenoxy) is 3. The molecule has 0 bridgehead atoms. The van der Waals surface area contributed by atoms with Gasteiger partial charge in [0.05, 0.1) is 20.3 Å². The van der Waals surface area contributed by atoms with Crippen LogP contribution in [0.2, 0.25) is 0 Å². The fourth-order valence-electron chi connectivity index (χ4n) is 2.71. The quantitative estimate of drug-likeness (QED) is 0.636. The van der Waals surface area contributed by atoms with E-state index in [1.54, 1.807) is 49.6 Å². The summed E-state index contributed by atoms with van der Waals surface area (Å²) in [5, 5.41) is 2.81. The topological polar surface area (TPSA) is 56.8 Å². The predicted molar refractivity (Wildman–Crippen MR) is 103 cm³/mol. The maximum absolute atomic E-state index is 12.6. The molecule has 0 aromatic heterocycles. The Labute approximate surface area is 162 Å². The lowest BCUT2D eigenvalue weighted by Gasteiger charge is -2.19. The van der Waals surface area contributed by atoms with Gasteiger partial charge >= 0.3 is 6.61 Å². The zero-order chi connectivity index (χ0) is 20.5. The number of hydrogen-bond acceptors (Lipinski definition) is 4. The van der Waals surface area contributed by atoms with Crippen LogP contribution < -0.4 is 19.5 Å². The minimum atomic E-state index is -2.93. The standard InChI is InChI=1S/C21H23F2NO4/c1-4-17(16-7-5-6-8-18(16)28-21(22)23)24-20(25)12-10-14-9-11-15(26-2)13-19(14)27-3/h5-13,17,21H,4H2,1-3H3,(H,24,25)/b12-10+. The third-order valence-electron chi connectivity index (χ3n) is 4.09. The maximum atomic E-state index is 12.6. The lowest BCUT2D eigenvalue weighted by molar-refractivity contribution is -0.117. The Kier molecular flexibility index (Phi) is 7.80. The fraction of sp³-hybridized carbons (Fsp3) is 0.286. The van der Waals surface area contributed by atoms with Crippen molar-refractivity contribution in [2.75, 3.05) is 14.2 Å². The molecule has 1 atom stereocenters. The zero-order valence-electron chi connectivity index (χ0n) is 15.9. The van der Waals surface area contributed by atoms with Gasteiger partial charge in [-0.05, 0) is 30.7 Å². The number of carbonyl (C=O) groups is 1. The van der Waals surface area contributed by atoms with Gasteiger partial charge in [0.25, 0.3) is 0 Å². The van der Waals surface area contributed by atoms with Crippen LogP contribution in [0.1, 0.15) is 30.5 Å². The molecule has 28 heavy (non-hydrogen) atoms. The van der Waals surface area contributed by atoms with Gasteiger partial charge in [-0.15, -0.1) is 0 Å². The van der Waals surface area contributed by atoms with E-state index >= 15 is 0 Å². The Bertz CT molecular complexity index is 824. The van der Waals surface area contributed by atoms with Crippen molar-refractivity contribution in [1.29, 1.82) is 0 Å². The summed E-state index contributed by atoms with van der Waals surface area (Å²) in [4.78, 5) is 12.4. The molecule has 0 saturated carbocycles. The molecule has 0 saturated heterocycles. The number of nitrogens with one attached hydrogen (secondary N) is 1. The van der Waals surface area contributed by atoms with Gasteiger partial charge in [0.15, 0.2) is 0 Å². The molecule has 1 unspecified atom stereocenters. The first-order chi connectivity index (χ1) is 13.5. The summed E-state index contributed by atoms with van der Waals surface area (Å²) >= 11 is 0. The number of rotatable bonds is 9. The second kappa shape index (κ2) is 10.3. The molecule has 2 aromatic carbocycles. The number of carbonyl (C=O) groups excluding carboxylic acids is 1. The van der Waals surface area contributed by atoms with Gasteiger partial charge in [0, 0.05) is 23.3 Å². The minimum absolute atomic E-state index is 0.0467. The van der Waals surface area contributed by atoms with Crippen LogP contribution in [0.4, 0.5) is 8.78 Å². The molecule has 5 nitrogen and oxygen atoms in total. The van der Waals surface area contributed by atoms with E-state index in [4.69, 9.17) is 9.47 Å². The van der Waals surface area contributed by atoms with Crippen LogP contribution in [0.25, 0.3) is 6.08 Å². The van der Waals surface area contributed by atoms with Gasteiger partial charge in [-0.25, -0.2) is 0 Å². The van der Waals surface area contributed by atoms with Crippen LogP contribution in [0.15, 0.2) is 48.5 Å². The average Bonchev–Trinajstić information content (AvgIpc) is 2.70. The largest absolute Gasteiger partial charge is 0.497 e. The first-order valence-electron chi connectivity index (χ1n) is 8.72. The van der Waals surface area contributed by atoms with Crippen molar-refractivity contribution in [3.05, 3.63) is 59.7 Å². The van der Waals surface area contributed by atoms with Crippen molar-refractivity contribution >= 4 is 12.0 Å². The molecule has 1 N–H and O–H groups in total. The molecule has 7 heteroatoms. The van der Waals surface area contributed by atoms with Gasteiger partial charge in [-0.1, -0.05) is 25.1 Å². The summed E-state index contributed by atoms with van der Waals surface area (Å²) in [5.41, 5.74) is 1.20. The van der Waals surface area contributed by atoms with Crippen molar-refractivity contribution in [3.8, 4) is 17.2 Å². The predicted octanol–water partition coefficient (Wildman–Crippen LogP) is 4.59. The Morgan fingerprint density at radius 2 is 1.86 bits per heavy atom. The number of hydrogen-bond donors (Lipinski definition) is 1. The number of methoxy groups -OCH3 is 2. The number of amides is 1. The molecule has 0 spiro atoms. The summed E-state index contributed by atoms with van der Waals surface area (Å²) in [7, 11) is 3.08. The maximum Gasteiger partial charge on any atom is 0.387 e. The van der Waals surface area contributed by atoms with Gasteiger partial charge < -0.3 is 19.5 Å². The summed E-state index contributed by atoms with van der Waals surface area (Å²) in [6, 6.07) is 11.2. The molecule has 0 heterocycles. The van der Waals surface area contributed by atoms with Crippen molar-refractivity contribution in [3.63, 3.8) is 0 Å². The highest BCUT2D eigenvalue weighted by molar-refractivity contribution is 5.92. The fourth-order valence-corrected chi connectivity index (χ4v) is 2.71. The van der Waals surface area contributed by atoms with E-state index in [-0.39, 0.29) is 11.7 Å². The average molecular weight is 391 g/mol. The van der Waals surface area contributed by atoms with E-state index in [2.05, 4.69) is 10.1 Å². The van der Waals surface area contributed by atoms with E-state index in [0.717, 1.165) is 0 Å². The van der Waals surface area contributed by atoms with Crippen LogP contribution in [0.3, 0.4) is 0 Å². The van der Waals surface area contributed by atoms with Gasteiger partial charge in [0.1, 0.15) is 17.2 Å². The first kappa shape index (κ1) is 21.2. The van der Waals surface area contributed by atoms with E-state index in [0.29, 0.717) is 29.0 Å². The number of halogens is 2. The van der Waals surface area contributed by atoms with E-state index in [1.807, 2.05) is 6.92 Å². The molecule has 2 rings (SSSR count).